The zero-order valence-electron chi connectivity index (χ0n) is 14.0. The molecular weight excluding hydrogens is 304 g/mol. The van der Waals surface area contributed by atoms with E-state index in [4.69, 9.17) is 4.42 Å². The molecule has 1 aliphatic heterocycles. The van der Waals surface area contributed by atoms with Crippen LogP contribution in [0.2, 0.25) is 0 Å². The molecule has 0 aliphatic carbocycles. The Morgan fingerprint density at radius 2 is 2.25 bits per heavy atom. The number of para-hydroxylation sites is 1. The molecule has 3 rings (SSSR count). The topological polar surface area (TPSA) is 65.7 Å². The van der Waals surface area contributed by atoms with Gasteiger partial charge in [0.1, 0.15) is 11.5 Å². The molecule has 128 valence electrons. The number of nitrogens with one attached hydrogen (secondary N) is 1. The van der Waals surface area contributed by atoms with E-state index in [2.05, 4.69) is 10.2 Å². The fourth-order valence-corrected chi connectivity index (χ4v) is 3.26. The SMILES string of the molecule is Cc1cccc(C(=O)NC[C@@H]2CCCN(Cc3ccco3)C2)c1O. The molecule has 5 heteroatoms. The third-order valence-corrected chi connectivity index (χ3v) is 4.60. The number of amides is 1. The third kappa shape index (κ3) is 3.97. The van der Waals surface area contributed by atoms with E-state index in [1.807, 2.05) is 12.1 Å². The summed E-state index contributed by atoms with van der Waals surface area (Å²) < 4.78 is 5.41. The predicted molar refractivity (Wildman–Crippen MR) is 91.9 cm³/mol. The Morgan fingerprint density at radius 3 is 3.04 bits per heavy atom. The summed E-state index contributed by atoms with van der Waals surface area (Å²) in [6.07, 6.45) is 3.93. The van der Waals surface area contributed by atoms with Crippen LogP contribution in [0.1, 0.15) is 34.5 Å². The molecule has 2 heterocycles. The number of phenolic OH excluding ortho intramolecular Hbond substituents is 1. The molecule has 1 aromatic carbocycles. The lowest BCUT2D eigenvalue weighted by molar-refractivity contribution is 0.0925. The second kappa shape index (κ2) is 7.53. The van der Waals surface area contributed by atoms with Gasteiger partial charge in [-0.05, 0) is 56.0 Å². The molecule has 0 bridgehead atoms. The fourth-order valence-electron chi connectivity index (χ4n) is 3.26. The van der Waals surface area contributed by atoms with Crippen LogP contribution in [0.25, 0.3) is 0 Å². The van der Waals surface area contributed by atoms with Crippen LogP contribution >= 0.6 is 0 Å². The Bertz CT molecular complexity index is 682. The number of carbonyl (C=O) groups is 1. The first-order valence-corrected chi connectivity index (χ1v) is 8.45. The Balaban J connectivity index is 1.52. The van der Waals surface area contributed by atoms with Gasteiger partial charge in [-0.3, -0.25) is 9.69 Å². The van der Waals surface area contributed by atoms with Crippen LogP contribution in [0.5, 0.6) is 5.75 Å². The van der Waals surface area contributed by atoms with Gasteiger partial charge >= 0.3 is 0 Å². The van der Waals surface area contributed by atoms with E-state index in [-0.39, 0.29) is 11.7 Å². The maximum absolute atomic E-state index is 12.3. The second-order valence-corrected chi connectivity index (χ2v) is 6.50. The number of furan rings is 1. The number of likely N-dealkylation sites (tertiary alicyclic amines) is 1. The van der Waals surface area contributed by atoms with Gasteiger partial charge in [0.15, 0.2) is 0 Å². The Kier molecular flexibility index (Phi) is 5.20. The van der Waals surface area contributed by atoms with Crippen molar-refractivity contribution in [3.05, 3.63) is 53.5 Å². The van der Waals surface area contributed by atoms with Gasteiger partial charge in [0.25, 0.3) is 5.91 Å². The molecule has 1 amide bonds. The van der Waals surface area contributed by atoms with Crippen LogP contribution < -0.4 is 5.32 Å². The van der Waals surface area contributed by atoms with E-state index in [0.717, 1.165) is 38.2 Å². The highest BCUT2D eigenvalue weighted by Crippen LogP contribution is 2.22. The van der Waals surface area contributed by atoms with E-state index >= 15 is 0 Å². The van der Waals surface area contributed by atoms with E-state index in [1.165, 1.54) is 0 Å². The number of aryl methyl sites for hydroxylation is 1. The first kappa shape index (κ1) is 16.6. The van der Waals surface area contributed by atoms with Gasteiger partial charge in [-0.15, -0.1) is 0 Å². The monoisotopic (exact) mass is 328 g/mol. The van der Waals surface area contributed by atoms with Crippen molar-refractivity contribution in [1.82, 2.24) is 10.2 Å². The summed E-state index contributed by atoms with van der Waals surface area (Å²) in [4.78, 5) is 14.7. The molecule has 0 radical (unpaired) electrons. The minimum Gasteiger partial charge on any atom is -0.507 e. The lowest BCUT2D eigenvalue weighted by Crippen LogP contribution is -2.40. The van der Waals surface area contributed by atoms with Crippen molar-refractivity contribution in [2.45, 2.75) is 26.3 Å². The highest BCUT2D eigenvalue weighted by atomic mass is 16.3. The van der Waals surface area contributed by atoms with Crippen molar-refractivity contribution in [1.29, 1.82) is 0 Å². The van der Waals surface area contributed by atoms with Gasteiger partial charge in [0, 0.05) is 13.1 Å². The quantitative estimate of drug-likeness (QED) is 0.886. The van der Waals surface area contributed by atoms with E-state index in [9.17, 15) is 9.90 Å². The Morgan fingerprint density at radius 1 is 1.38 bits per heavy atom. The van der Waals surface area contributed by atoms with Crippen LogP contribution in [0, 0.1) is 12.8 Å². The molecule has 2 N–H and O–H groups in total. The smallest absolute Gasteiger partial charge is 0.255 e. The molecule has 2 aromatic rings. The normalized spacial score (nSPS) is 18.5. The van der Waals surface area contributed by atoms with Crippen LogP contribution in [0.3, 0.4) is 0 Å². The van der Waals surface area contributed by atoms with Crippen molar-refractivity contribution in [2.75, 3.05) is 19.6 Å². The number of rotatable bonds is 5. The van der Waals surface area contributed by atoms with Crippen LogP contribution in [-0.4, -0.2) is 35.5 Å². The van der Waals surface area contributed by atoms with Crippen molar-refractivity contribution in [3.63, 3.8) is 0 Å². The van der Waals surface area contributed by atoms with Crippen LogP contribution in [-0.2, 0) is 6.54 Å². The molecular formula is C19H24N2O3. The van der Waals surface area contributed by atoms with Gasteiger partial charge in [-0.1, -0.05) is 12.1 Å². The lowest BCUT2D eigenvalue weighted by Gasteiger charge is -2.32. The molecule has 1 aliphatic rings. The molecule has 5 nitrogen and oxygen atoms in total. The van der Waals surface area contributed by atoms with Gasteiger partial charge in [0.2, 0.25) is 0 Å². The molecule has 0 unspecified atom stereocenters. The highest BCUT2D eigenvalue weighted by Gasteiger charge is 2.22. The molecule has 1 saturated heterocycles. The molecule has 1 atom stereocenters. The Hall–Kier alpha value is -2.27. The summed E-state index contributed by atoms with van der Waals surface area (Å²) in [7, 11) is 0. The standard InChI is InChI=1S/C19H24N2O3/c1-14-5-2-8-17(18(14)22)19(23)20-11-15-6-3-9-21(12-15)13-16-7-4-10-24-16/h2,4-5,7-8,10,15,22H,3,6,9,11-13H2,1H3,(H,20,23)/t15-/m0/s1. The molecule has 0 saturated carbocycles. The number of hydrogen-bond donors (Lipinski definition) is 2. The number of benzene rings is 1. The van der Waals surface area contributed by atoms with Crippen LogP contribution in [0.4, 0.5) is 0 Å². The molecule has 24 heavy (non-hydrogen) atoms. The fraction of sp³-hybridized carbons (Fsp3) is 0.421. The second-order valence-electron chi connectivity index (χ2n) is 6.50. The van der Waals surface area contributed by atoms with E-state index < -0.39 is 0 Å². The summed E-state index contributed by atoms with van der Waals surface area (Å²) in [5, 5.41) is 13.0. The van der Waals surface area contributed by atoms with Gasteiger partial charge in [-0.25, -0.2) is 0 Å². The maximum atomic E-state index is 12.3. The van der Waals surface area contributed by atoms with E-state index in [1.54, 1.807) is 31.4 Å². The number of phenols is 1. The number of hydrogen-bond acceptors (Lipinski definition) is 4. The van der Waals surface area contributed by atoms with Crippen LogP contribution in [0.15, 0.2) is 41.0 Å². The number of piperidine rings is 1. The van der Waals surface area contributed by atoms with Crippen molar-refractivity contribution < 1.29 is 14.3 Å². The van der Waals surface area contributed by atoms with Crippen molar-refractivity contribution in [3.8, 4) is 5.75 Å². The molecule has 1 fully saturated rings. The third-order valence-electron chi connectivity index (χ3n) is 4.60. The zero-order valence-corrected chi connectivity index (χ0v) is 14.0. The van der Waals surface area contributed by atoms with E-state index in [0.29, 0.717) is 23.6 Å². The minimum atomic E-state index is -0.209. The summed E-state index contributed by atoms with van der Waals surface area (Å²) in [6, 6.07) is 9.13. The summed E-state index contributed by atoms with van der Waals surface area (Å²) >= 11 is 0. The minimum absolute atomic E-state index is 0.0677. The largest absolute Gasteiger partial charge is 0.507 e. The number of carbonyl (C=O) groups excluding carboxylic acids is 1. The first-order chi connectivity index (χ1) is 11.6. The molecule has 0 spiro atoms. The Labute approximate surface area is 142 Å². The molecule has 1 aromatic heterocycles. The average molecular weight is 328 g/mol. The van der Waals surface area contributed by atoms with Gasteiger partial charge in [0.05, 0.1) is 18.4 Å². The number of nitrogens with zero attached hydrogens (tertiary/aromatic N) is 1. The lowest BCUT2D eigenvalue weighted by atomic mass is 9.97. The first-order valence-electron chi connectivity index (χ1n) is 8.45. The van der Waals surface area contributed by atoms with Gasteiger partial charge < -0.3 is 14.8 Å². The maximum Gasteiger partial charge on any atom is 0.255 e. The van der Waals surface area contributed by atoms with Crippen molar-refractivity contribution in [2.24, 2.45) is 5.92 Å². The highest BCUT2D eigenvalue weighted by molar-refractivity contribution is 5.97. The number of aromatic hydroxyl groups is 1. The zero-order chi connectivity index (χ0) is 16.9. The van der Waals surface area contributed by atoms with Crippen molar-refractivity contribution >= 4 is 5.91 Å². The predicted octanol–water partition coefficient (Wildman–Crippen LogP) is 2.94. The summed E-state index contributed by atoms with van der Waals surface area (Å²) in [6.45, 7) is 5.24. The van der Waals surface area contributed by atoms with Gasteiger partial charge in [-0.2, -0.15) is 0 Å². The average Bonchev–Trinajstić information content (AvgIpc) is 3.08. The summed E-state index contributed by atoms with van der Waals surface area (Å²) in [5.74, 6) is 1.26. The summed E-state index contributed by atoms with van der Waals surface area (Å²) in [5.41, 5.74) is 1.06.